The second-order valence-electron chi connectivity index (χ2n) is 3.42. The minimum atomic E-state index is 0.259. The second kappa shape index (κ2) is 5.61. The number of hydrogen-bond acceptors (Lipinski definition) is 6. The van der Waals surface area contributed by atoms with Crippen molar-refractivity contribution in [2.45, 2.75) is 6.61 Å². The molecule has 2 N–H and O–H groups in total. The average molecular weight is 267 g/mol. The van der Waals surface area contributed by atoms with Gasteiger partial charge in [0.05, 0.1) is 11.2 Å². The Morgan fingerprint density at radius 2 is 2.11 bits per heavy atom. The van der Waals surface area contributed by atoms with E-state index in [9.17, 15) is 0 Å². The molecule has 0 aromatic carbocycles. The molecule has 0 aliphatic rings. The van der Waals surface area contributed by atoms with Gasteiger partial charge in [0.1, 0.15) is 18.2 Å². The fourth-order valence-corrected chi connectivity index (χ4v) is 1.47. The van der Waals surface area contributed by atoms with Gasteiger partial charge < -0.3 is 15.2 Å². The van der Waals surface area contributed by atoms with Gasteiger partial charge in [0.25, 0.3) is 0 Å². The number of nitrogens with zero attached hydrogens (tertiary/aromatic N) is 3. The molecule has 94 valence electrons. The van der Waals surface area contributed by atoms with Crippen molar-refractivity contribution in [3.63, 3.8) is 0 Å². The van der Waals surface area contributed by atoms with Crippen LogP contribution in [0.5, 0.6) is 11.6 Å². The summed E-state index contributed by atoms with van der Waals surface area (Å²) in [5.41, 5.74) is 5.64. The molecule has 2 aromatic heterocycles. The Hall–Kier alpha value is -1.92. The minimum absolute atomic E-state index is 0.259. The number of nitrogens with two attached hydrogens (primary N) is 1. The predicted molar refractivity (Wildman–Crippen MR) is 66.5 cm³/mol. The van der Waals surface area contributed by atoms with Gasteiger partial charge in [0, 0.05) is 25.4 Å². The Bertz CT molecular complexity index is 550. The SMILES string of the molecule is COCc1nc(N)cc(Oc2cncc(Cl)c2)n1. The number of rotatable bonds is 4. The summed E-state index contributed by atoms with van der Waals surface area (Å²) in [5.74, 6) is 1.55. The molecule has 0 unspecified atom stereocenters. The lowest BCUT2D eigenvalue weighted by Crippen LogP contribution is -2.02. The van der Waals surface area contributed by atoms with Gasteiger partial charge in [-0.05, 0) is 0 Å². The number of anilines is 1. The van der Waals surface area contributed by atoms with Crippen molar-refractivity contribution in [2.75, 3.05) is 12.8 Å². The summed E-state index contributed by atoms with van der Waals surface area (Å²) in [5, 5.41) is 0.478. The van der Waals surface area contributed by atoms with E-state index in [0.29, 0.717) is 28.3 Å². The van der Waals surface area contributed by atoms with Crippen molar-refractivity contribution in [1.82, 2.24) is 15.0 Å². The Labute approximate surface area is 109 Å². The molecule has 7 heteroatoms. The molecule has 0 atom stereocenters. The third kappa shape index (κ3) is 3.28. The number of ether oxygens (including phenoxy) is 2. The van der Waals surface area contributed by atoms with Crippen LogP contribution >= 0.6 is 11.6 Å². The van der Waals surface area contributed by atoms with Crippen LogP contribution in [-0.2, 0) is 11.3 Å². The number of hydrogen-bond donors (Lipinski definition) is 1. The minimum Gasteiger partial charge on any atom is -0.437 e. The van der Waals surface area contributed by atoms with Crippen molar-refractivity contribution in [2.24, 2.45) is 0 Å². The summed E-state index contributed by atoms with van der Waals surface area (Å²) >= 11 is 5.80. The van der Waals surface area contributed by atoms with E-state index in [-0.39, 0.29) is 6.61 Å². The number of methoxy groups -OCH3 is 1. The third-order valence-electron chi connectivity index (χ3n) is 1.94. The summed E-state index contributed by atoms with van der Waals surface area (Å²) in [4.78, 5) is 12.0. The summed E-state index contributed by atoms with van der Waals surface area (Å²) < 4.78 is 10.4. The maximum absolute atomic E-state index is 5.80. The Morgan fingerprint density at radius 1 is 1.28 bits per heavy atom. The highest BCUT2D eigenvalue weighted by Gasteiger charge is 2.05. The fourth-order valence-electron chi connectivity index (χ4n) is 1.31. The van der Waals surface area contributed by atoms with Crippen LogP contribution < -0.4 is 10.5 Å². The molecule has 0 aliphatic carbocycles. The zero-order valence-electron chi connectivity index (χ0n) is 9.63. The van der Waals surface area contributed by atoms with Crippen molar-refractivity contribution in [1.29, 1.82) is 0 Å². The highest BCUT2D eigenvalue weighted by Crippen LogP contribution is 2.22. The van der Waals surface area contributed by atoms with E-state index in [1.54, 1.807) is 13.2 Å². The molecule has 2 aromatic rings. The van der Waals surface area contributed by atoms with Crippen molar-refractivity contribution in [3.05, 3.63) is 35.4 Å². The van der Waals surface area contributed by atoms with Crippen LogP contribution in [0.25, 0.3) is 0 Å². The van der Waals surface area contributed by atoms with E-state index in [1.165, 1.54) is 18.5 Å². The first-order valence-corrected chi connectivity index (χ1v) is 5.46. The van der Waals surface area contributed by atoms with Gasteiger partial charge in [-0.25, -0.2) is 4.98 Å². The molecular weight excluding hydrogens is 256 g/mol. The van der Waals surface area contributed by atoms with Crippen LogP contribution in [0.3, 0.4) is 0 Å². The molecule has 6 nitrogen and oxygen atoms in total. The van der Waals surface area contributed by atoms with Gasteiger partial charge >= 0.3 is 0 Å². The molecule has 0 aliphatic heterocycles. The molecule has 0 radical (unpaired) electrons. The van der Waals surface area contributed by atoms with Gasteiger partial charge in [-0.1, -0.05) is 11.6 Å². The zero-order valence-corrected chi connectivity index (χ0v) is 10.4. The molecule has 18 heavy (non-hydrogen) atoms. The fraction of sp³-hybridized carbons (Fsp3) is 0.182. The van der Waals surface area contributed by atoms with Crippen LogP contribution in [0.15, 0.2) is 24.5 Å². The molecule has 2 heterocycles. The summed E-state index contributed by atoms with van der Waals surface area (Å²) in [6, 6.07) is 3.14. The quantitative estimate of drug-likeness (QED) is 0.912. The monoisotopic (exact) mass is 266 g/mol. The maximum Gasteiger partial charge on any atom is 0.224 e. The predicted octanol–water partition coefficient (Wildman–Crippen LogP) is 2.05. The molecule has 0 saturated carbocycles. The lowest BCUT2D eigenvalue weighted by atomic mass is 10.4. The highest BCUT2D eigenvalue weighted by atomic mass is 35.5. The van der Waals surface area contributed by atoms with Crippen molar-refractivity contribution in [3.8, 4) is 11.6 Å². The lowest BCUT2D eigenvalue weighted by molar-refractivity contribution is 0.177. The van der Waals surface area contributed by atoms with E-state index in [0.717, 1.165) is 0 Å². The van der Waals surface area contributed by atoms with Crippen LogP contribution in [0.4, 0.5) is 5.82 Å². The molecule has 0 spiro atoms. The largest absolute Gasteiger partial charge is 0.437 e. The first-order chi connectivity index (χ1) is 8.67. The third-order valence-corrected chi connectivity index (χ3v) is 2.15. The standard InChI is InChI=1S/C11H11ClN4O2/c1-17-6-10-15-9(13)3-11(16-10)18-8-2-7(12)4-14-5-8/h2-5H,6H2,1H3,(H2,13,15,16). The van der Waals surface area contributed by atoms with E-state index >= 15 is 0 Å². The van der Waals surface area contributed by atoms with Crippen LogP contribution in [-0.4, -0.2) is 22.1 Å². The molecule has 0 amide bonds. The van der Waals surface area contributed by atoms with Gasteiger partial charge in [-0.15, -0.1) is 0 Å². The van der Waals surface area contributed by atoms with E-state index < -0.39 is 0 Å². The average Bonchev–Trinajstić information content (AvgIpc) is 2.28. The van der Waals surface area contributed by atoms with Gasteiger partial charge in [0.2, 0.25) is 5.88 Å². The summed E-state index contributed by atoms with van der Waals surface area (Å²) in [6.45, 7) is 0.259. The van der Waals surface area contributed by atoms with Crippen molar-refractivity contribution < 1.29 is 9.47 Å². The van der Waals surface area contributed by atoms with E-state index in [4.69, 9.17) is 26.8 Å². The molecular formula is C11H11ClN4O2. The topological polar surface area (TPSA) is 83.2 Å². The van der Waals surface area contributed by atoms with Crippen LogP contribution in [0.2, 0.25) is 5.02 Å². The molecule has 0 fully saturated rings. The first-order valence-electron chi connectivity index (χ1n) is 5.08. The number of pyridine rings is 1. The number of aromatic nitrogens is 3. The Kier molecular flexibility index (Phi) is 3.91. The van der Waals surface area contributed by atoms with Crippen LogP contribution in [0, 0.1) is 0 Å². The maximum atomic E-state index is 5.80. The first kappa shape index (κ1) is 12.5. The van der Waals surface area contributed by atoms with E-state index in [2.05, 4.69) is 15.0 Å². The molecule has 0 bridgehead atoms. The highest BCUT2D eigenvalue weighted by molar-refractivity contribution is 6.30. The lowest BCUT2D eigenvalue weighted by Gasteiger charge is -2.07. The normalized spacial score (nSPS) is 10.3. The van der Waals surface area contributed by atoms with Gasteiger partial charge in [0.15, 0.2) is 5.82 Å². The van der Waals surface area contributed by atoms with Crippen LogP contribution in [0.1, 0.15) is 5.82 Å². The second-order valence-corrected chi connectivity index (χ2v) is 3.86. The summed E-state index contributed by atoms with van der Waals surface area (Å²) in [7, 11) is 1.55. The zero-order chi connectivity index (χ0) is 13.0. The van der Waals surface area contributed by atoms with Gasteiger partial charge in [-0.2, -0.15) is 4.98 Å². The summed E-state index contributed by atoms with van der Waals surface area (Å²) in [6.07, 6.45) is 3.04. The Balaban J connectivity index is 2.23. The van der Waals surface area contributed by atoms with Gasteiger partial charge in [-0.3, -0.25) is 4.98 Å². The number of nitrogen functional groups attached to an aromatic ring is 1. The number of halogens is 1. The smallest absolute Gasteiger partial charge is 0.224 e. The Morgan fingerprint density at radius 3 is 2.83 bits per heavy atom. The molecule has 0 saturated heterocycles. The van der Waals surface area contributed by atoms with Crippen molar-refractivity contribution >= 4 is 17.4 Å². The molecule has 2 rings (SSSR count). The van der Waals surface area contributed by atoms with E-state index in [1.807, 2.05) is 0 Å².